The normalized spacial score (nSPS) is 12.7. The fraction of sp³-hybridized carbons (Fsp3) is 0.231. The standard InChI is InChI=1S/C13H15BrN2/c1-16-7-6-10(9-16)12(8-15)11-4-2-3-5-13(11)14/h2-7,9,12H,8,15H2,1H3. The van der Waals surface area contributed by atoms with Gasteiger partial charge in [0.15, 0.2) is 0 Å². The Morgan fingerprint density at radius 2 is 2.06 bits per heavy atom. The average Bonchev–Trinajstić information content (AvgIpc) is 2.69. The molecule has 3 heteroatoms. The first kappa shape index (κ1) is 11.4. The molecule has 0 fully saturated rings. The van der Waals surface area contributed by atoms with Crippen LogP contribution in [0.15, 0.2) is 47.2 Å². The smallest absolute Gasteiger partial charge is 0.0238 e. The molecule has 0 radical (unpaired) electrons. The monoisotopic (exact) mass is 278 g/mol. The maximum Gasteiger partial charge on any atom is 0.0238 e. The topological polar surface area (TPSA) is 30.9 Å². The van der Waals surface area contributed by atoms with Crippen molar-refractivity contribution >= 4 is 15.9 Å². The molecular weight excluding hydrogens is 264 g/mol. The van der Waals surface area contributed by atoms with Crippen molar-refractivity contribution in [3.8, 4) is 0 Å². The van der Waals surface area contributed by atoms with Crippen molar-refractivity contribution in [2.45, 2.75) is 5.92 Å². The summed E-state index contributed by atoms with van der Waals surface area (Å²) < 4.78 is 3.17. The lowest BCUT2D eigenvalue weighted by Gasteiger charge is -2.15. The molecule has 1 atom stereocenters. The quantitative estimate of drug-likeness (QED) is 0.920. The van der Waals surface area contributed by atoms with Crippen LogP contribution in [0.5, 0.6) is 0 Å². The van der Waals surface area contributed by atoms with Crippen LogP contribution in [0.1, 0.15) is 17.0 Å². The van der Waals surface area contributed by atoms with Crippen molar-refractivity contribution < 1.29 is 0 Å². The van der Waals surface area contributed by atoms with E-state index in [4.69, 9.17) is 5.73 Å². The van der Waals surface area contributed by atoms with Gasteiger partial charge in [-0.2, -0.15) is 0 Å². The van der Waals surface area contributed by atoms with Gasteiger partial charge in [-0.25, -0.2) is 0 Å². The Morgan fingerprint density at radius 1 is 1.31 bits per heavy atom. The van der Waals surface area contributed by atoms with Crippen molar-refractivity contribution in [3.63, 3.8) is 0 Å². The number of aromatic nitrogens is 1. The molecule has 1 aromatic carbocycles. The van der Waals surface area contributed by atoms with E-state index in [1.807, 2.05) is 19.2 Å². The minimum Gasteiger partial charge on any atom is -0.357 e. The first-order chi connectivity index (χ1) is 7.72. The molecule has 0 saturated heterocycles. The van der Waals surface area contributed by atoms with Crippen LogP contribution in [0, 0.1) is 0 Å². The summed E-state index contributed by atoms with van der Waals surface area (Å²) in [6.45, 7) is 0.618. The van der Waals surface area contributed by atoms with Gasteiger partial charge in [0.1, 0.15) is 0 Å². The fourth-order valence-corrected chi connectivity index (χ4v) is 2.49. The summed E-state index contributed by atoms with van der Waals surface area (Å²) in [7, 11) is 2.02. The summed E-state index contributed by atoms with van der Waals surface area (Å²) >= 11 is 3.58. The molecular formula is C13H15BrN2. The molecule has 0 aliphatic carbocycles. The molecule has 0 bridgehead atoms. The highest BCUT2D eigenvalue weighted by molar-refractivity contribution is 9.10. The second-order valence-electron chi connectivity index (χ2n) is 3.92. The van der Waals surface area contributed by atoms with Crippen LogP contribution in [0.4, 0.5) is 0 Å². The van der Waals surface area contributed by atoms with Gasteiger partial charge < -0.3 is 10.3 Å². The van der Waals surface area contributed by atoms with Gasteiger partial charge in [0.2, 0.25) is 0 Å². The molecule has 0 spiro atoms. The van der Waals surface area contributed by atoms with E-state index < -0.39 is 0 Å². The van der Waals surface area contributed by atoms with Crippen LogP contribution in [0.3, 0.4) is 0 Å². The summed E-state index contributed by atoms with van der Waals surface area (Å²) in [6.07, 6.45) is 4.17. The highest BCUT2D eigenvalue weighted by Crippen LogP contribution is 2.29. The predicted octanol–water partition coefficient (Wildman–Crippen LogP) is 2.88. The van der Waals surface area contributed by atoms with Gasteiger partial charge in [0.05, 0.1) is 0 Å². The van der Waals surface area contributed by atoms with E-state index in [1.54, 1.807) is 0 Å². The van der Waals surface area contributed by atoms with Crippen molar-refractivity contribution in [2.75, 3.05) is 6.54 Å². The van der Waals surface area contributed by atoms with Gasteiger partial charge >= 0.3 is 0 Å². The van der Waals surface area contributed by atoms with Crippen molar-refractivity contribution in [3.05, 3.63) is 58.3 Å². The van der Waals surface area contributed by atoms with Gasteiger partial charge in [-0.05, 0) is 23.3 Å². The van der Waals surface area contributed by atoms with Gasteiger partial charge in [0, 0.05) is 36.4 Å². The molecule has 0 saturated carbocycles. The minimum absolute atomic E-state index is 0.261. The zero-order valence-electron chi connectivity index (χ0n) is 9.23. The van der Waals surface area contributed by atoms with Crippen LogP contribution in [-0.4, -0.2) is 11.1 Å². The summed E-state index contributed by atoms with van der Waals surface area (Å²) in [5.74, 6) is 0.261. The van der Waals surface area contributed by atoms with Gasteiger partial charge in [-0.3, -0.25) is 0 Å². The lowest BCUT2D eigenvalue weighted by Crippen LogP contribution is -2.13. The average molecular weight is 279 g/mol. The highest BCUT2D eigenvalue weighted by Gasteiger charge is 2.15. The number of benzene rings is 1. The van der Waals surface area contributed by atoms with Crippen LogP contribution < -0.4 is 5.73 Å². The molecule has 0 amide bonds. The van der Waals surface area contributed by atoms with Crippen molar-refractivity contribution in [2.24, 2.45) is 12.8 Å². The summed E-state index contributed by atoms with van der Waals surface area (Å²) in [4.78, 5) is 0. The first-order valence-electron chi connectivity index (χ1n) is 5.28. The Kier molecular flexibility index (Phi) is 3.46. The van der Waals surface area contributed by atoms with Crippen LogP contribution >= 0.6 is 15.9 Å². The molecule has 16 heavy (non-hydrogen) atoms. The highest BCUT2D eigenvalue weighted by atomic mass is 79.9. The third-order valence-corrected chi connectivity index (χ3v) is 3.50. The number of halogens is 1. The number of rotatable bonds is 3. The molecule has 84 valence electrons. The molecule has 0 aliphatic rings. The molecule has 2 nitrogen and oxygen atoms in total. The van der Waals surface area contributed by atoms with Crippen LogP contribution in [0.2, 0.25) is 0 Å². The van der Waals surface area contributed by atoms with E-state index in [0.717, 1.165) is 4.47 Å². The first-order valence-corrected chi connectivity index (χ1v) is 6.08. The molecule has 2 aromatic rings. The molecule has 1 heterocycles. The zero-order chi connectivity index (χ0) is 11.5. The number of hydrogen-bond acceptors (Lipinski definition) is 1. The third-order valence-electron chi connectivity index (χ3n) is 2.77. The van der Waals surface area contributed by atoms with Crippen molar-refractivity contribution in [1.29, 1.82) is 0 Å². The lowest BCUT2D eigenvalue weighted by atomic mass is 9.93. The Balaban J connectivity index is 2.40. The number of hydrogen-bond donors (Lipinski definition) is 1. The maximum atomic E-state index is 5.88. The van der Waals surface area contributed by atoms with E-state index in [-0.39, 0.29) is 5.92 Å². The Labute approximate surface area is 104 Å². The predicted molar refractivity (Wildman–Crippen MR) is 70.5 cm³/mol. The van der Waals surface area contributed by atoms with Crippen LogP contribution in [-0.2, 0) is 7.05 Å². The third kappa shape index (κ3) is 2.20. The second-order valence-corrected chi connectivity index (χ2v) is 4.77. The van der Waals surface area contributed by atoms with E-state index >= 15 is 0 Å². The van der Waals surface area contributed by atoms with Gasteiger partial charge in [0.25, 0.3) is 0 Å². The van der Waals surface area contributed by atoms with E-state index in [2.05, 4.69) is 51.1 Å². The fourth-order valence-electron chi connectivity index (χ4n) is 1.93. The van der Waals surface area contributed by atoms with Gasteiger partial charge in [-0.1, -0.05) is 34.1 Å². The molecule has 2 N–H and O–H groups in total. The number of nitrogens with two attached hydrogens (primary N) is 1. The maximum absolute atomic E-state index is 5.88. The Hall–Kier alpha value is -1.06. The number of aryl methyl sites for hydroxylation is 1. The minimum atomic E-state index is 0.261. The summed E-state index contributed by atoms with van der Waals surface area (Å²) in [6, 6.07) is 10.4. The molecule has 1 unspecified atom stereocenters. The Bertz CT molecular complexity index is 476. The van der Waals surface area contributed by atoms with Crippen LogP contribution in [0.25, 0.3) is 0 Å². The van der Waals surface area contributed by atoms with Crippen molar-refractivity contribution in [1.82, 2.24) is 4.57 Å². The molecule has 0 aliphatic heterocycles. The van der Waals surface area contributed by atoms with E-state index in [9.17, 15) is 0 Å². The summed E-state index contributed by atoms with van der Waals surface area (Å²) in [5, 5.41) is 0. The largest absolute Gasteiger partial charge is 0.357 e. The lowest BCUT2D eigenvalue weighted by molar-refractivity contribution is 0.807. The second kappa shape index (κ2) is 4.85. The van der Waals surface area contributed by atoms with E-state index in [1.165, 1.54) is 11.1 Å². The van der Waals surface area contributed by atoms with E-state index in [0.29, 0.717) is 6.54 Å². The van der Waals surface area contributed by atoms with Gasteiger partial charge in [-0.15, -0.1) is 0 Å². The summed E-state index contributed by atoms with van der Waals surface area (Å²) in [5.41, 5.74) is 8.39. The number of nitrogens with zero attached hydrogens (tertiary/aromatic N) is 1. The zero-order valence-corrected chi connectivity index (χ0v) is 10.8. The Morgan fingerprint density at radius 3 is 2.62 bits per heavy atom. The molecule has 1 aromatic heterocycles. The SMILES string of the molecule is Cn1ccc(C(CN)c2ccccc2Br)c1. The molecule has 2 rings (SSSR count).